The molecule has 0 unspecified atom stereocenters. The van der Waals surface area contributed by atoms with E-state index in [4.69, 9.17) is 28.3 Å². The quantitative estimate of drug-likeness (QED) is 0.0845. The van der Waals surface area contributed by atoms with E-state index < -0.39 is 12.0 Å². The second kappa shape index (κ2) is 11.5. The highest BCUT2D eigenvalue weighted by Crippen LogP contribution is 2.36. The maximum Gasteiger partial charge on any atom is 0.511 e. The zero-order valence-corrected chi connectivity index (χ0v) is 21.4. The van der Waals surface area contributed by atoms with Crippen molar-refractivity contribution in [2.45, 2.75) is 12.3 Å². The molecule has 1 aromatic heterocycles. The summed E-state index contributed by atoms with van der Waals surface area (Å²) in [5.41, 5.74) is 3.50. The molecule has 0 aliphatic rings. The largest absolute Gasteiger partial charge is 0.511 e. The van der Waals surface area contributed by atoms with Crippen LogP contribution in [0.15, 0.2) is 88.9 Å². The molecular weight excluding hydrogens is 534 g/mol. The fourth-order valence-electron chi connectivity index (χ4n) is 4.13. The van der Waals surface area contributed by atoms with Gasteiger partial charge in [0.1, 0.15) is 0 Å². The van der Waals surface area contributed by atoms with E-state index in [2.05, 4.69) is 9.89 Å². The standard InChI is InChI=1S/C28H21Cl2FN2O5/c1-33-15-19(7-11-27(33)34)25(32-37)14-22(21-9-8-20(29)13-23(21)30)17-4-2-16(3-5-17)18-6-10-26(24(31)12-18)38-28(35)36/h2-13,15,22,37H,14H2,1H3,(H,35,36)/b32-25+/t22-/m1/s1. The molecule has 0 aliphatic heterocycles. The van der Waals surface area contributed by atoms with E-state index in [1.807, 2.05) is 12.1 Å². The van der Waals surface area contributed by atoms with Crippen molar-refractivity contribution in [1.82, 2.24) is 4.57 Å². The van der Waals surface area contributed by atoms with Crippen LogP contribution in [0.2, 0.25) is 10.0 Å². The summed E-state index contributed by atoms with van der Waals surface area (Å²) in [6, 6.07) is 19.4. The minimum absolute atomic E-state index is 0.196. The molecule has 0 fully saturated rings. The van der Waals surface area contributed by atoms with Crippen molar-refractivity contribution in [2.75, 3.05) is 0 Å². The Hall–Kier alpha value is -4.14. The molecule has 1 atom stereocenters. The number of nitrogens with zero attached hydrogens (tertiary/aromatic N) is 2. The summed E-state index contributed by atoms with van der Waals surface area (Å²) in [4.78, 5) is 22.5. The topological polar surface area (TPSA) is 101 Å². The number of hydrogen-bond acceptors (Lipinski definition) is 5. The van der Waals surface area contributed by atoms with Gasteiger partial charge in [0.25, 0.3) is 0 Å². The molecule has 194 valence electrons. The highest BCUT2D eigenvalue weighted by Gasteiger charge is 2.22. The molecule has 2 N–H and O–H groups in total. The van der Waals surface area contributed by atoms with Crippen LogP contribution < -0.4 is 10.3 Å². The van der Waals surface area contributed by atoms with Crippen molar-refractivity contribution >= 4 is 35.1 Å². The summed E-state index contributed by atoms with van der Waals surface area (Å²) in [6.45, 7) is 0. The van der Waals surface area contributed by atoms with Gasteiger partial charge in [-0.25, -0.2) is 9.18 Å². The number of carbonyl (C=O) groups is 1. The summed E-state index contributed by atoms with van der Waals surface area (Å²) in [7, 11) is 1.61. The number of aromatic nitrogens is 1. The molecule has 10 heteroatoms. The minimum Gasteiger partial charge on any atom is -0.449 e. The van der Waals surface area contributed by atoms with E-state index in [1.54, 1.807) is 55.7 Å². The molecule has 0 aliphatic carbocycles. The maximum atomic E-state index is 14.3. The van der Waals surface area contributed by atoms with E-state index in [9.17, 15) is 19.2 Å². The van der Waals surface area contributed by atoms with E-state index in [-0.39, 0.29) is 23.6 Å². The predicted octanol–water partition coefficient (Wildman–Crippen LogP) is 6.96. The van der Waals surface area contributed by atoms with Crippen LogP contribution in [0.4, 0.5) is 9.18 Å². The number of rotatable bonds is 7. The Kier molecular flexibility index (Phi) is 8.14. The Morgan fingerprint density at radius 3 is 2.34 bits per heavy atom. The summed E-state index contributed by atoms with van der Waals surface area (Å²) in [6.07, 6.45) is 0.231. The fraction of sp³-hybridized carbons (Fsp3) is 0.107. The van der Waals surface area contributed by atoms with Gasteiger partial charge in [0.15, 0.2) is 11.6 Å². The lowest BCUT2D eigenvalue weighted by atomic mass is 9.85. The molecular formula is C28H21Cl2FN2O5. The number of oxime groups is 1. The first kappa shape index (κ1) is 26.9. The van der Waals surface area contributed by atoms with Crippen molar-refractivity contribution in [3.05, 3.63) is 122 Å². The molecule has 0 radical (unpaired) electrons. The van der Waals surface area contributed by atoms with Crippen molar-refractivity contribution in [2.24, 2.45) is 12.2 Å². The molecule has 4 rings (SSSR count). The third-order valence-corrected chi connectivity index (χ3v) is 6.61. The average Bonchev–Trinajstić information content (AvgIpc) is 2.88. The van der Waals surface area contributed by atoms with Gasteiger partial charge in [-0.1, -0.05) is 64.8 Å². The smallest absolute Gasteiger partial charge is 0.449 e. The second-order valence-electron chi connectivity index (χ2n) is 8.47. The molecule has 0 bridgehead atoms. The van der Waals surface area contributed by atoms with Gasteiger partial charge < -0.3 is 19.6 Å². The first-order chi connectivity index (χ1) is 18.2. The molecule has 0 amide bonds. The lowest BCUT2D eigenvalue weighted by molar-refractivity contribution is 0.142. The third kappa shape index (κ3) is 6.04. The van der Waals surface area contributed by atoms with Crippen LogP contribution in [0.1, 0.15) is 29.0 Å². The summed E-state index contributed by atoms with van der Waals surface area (Å²) < 4.78 is 20.1. The van der Waals surface area contributed by atoms with Gasteiger partial charge in [-0.3, -0.25) is 4.79 Å². The summed E-state index contributed by atoms with van der Waals surface area (Å²) >= 11 is 12.7. The van der Waals surface area contributed by atoms with E-state index in [0.29, 0.717) is 32.4 Å². The zero-order chi connectivity index (χ0) is 27.4. The Labute approximate surface area is 227 Å². The highest BCUT2D eigenvalue weighted by atomic mass is 35.5. The monoisotopic (exact) mass is 554 g/mol. The van der Waals surface area contributed by atoms with E-state index >= 15 is 0 Å². The van der Waals surface area contributed by atoms with Crippen LogP contribution in [0.3, 0.4) is 0 Å². The molecule has 3 aromatic carbocycles. The Bertz CT molecular complexity index is 1590. The number of halogens is 3. The number of carboxylic acid groups (broad SMARTS) is 1. The molecule has 0 saturated carbocycles. The molecule has 1 heterocycles. The van der Waals surface area contributed by atoms with Crippen LogP contribution in [-0.4, -0.2) is 26.7 Å². The number of benzene rings is 3. The van der Waals surface area contributed by atoms with Gasteiger partial charge >= 0.3 is 6.16 Å². The van der Waals surface area contributed by atoms with Crippen molar-refractivity contribution < 1.29 is 24.2 Å². The Balaban J connectivity index is 1.71. The lowest BCUT2D eigenvalue weighted by Crippen LogP contribution is -2.18. The summed E-state index contributed by atoms with van der Waals surface area (Å²) in [5, 5.41) is 23.0. The molecule has 4 aromatic rings. The van der Waals surface area contributed by atoms with Gasteiger partial charge in [0.05, 0.1) is 5.71 Å². The van der Waals surface area contributed by atoms with Gasteiger partial charge in [-0.05, 0) is 52.6 Å². The average molecular weight is 555 g/mol. The van der Waals surface area contributed by atoms with Crippen LogP contribution in [0.5, 0.6) is 5.75 Å². The highest BCUT2D eigenvalue weighted by molar-refractivity contribution is 6.35. The van der Waals surface area contributed by atoms with E-state index in [0.717, 1.165) is 11.1 Å². The Morgan fingerprint density at radius 1 is 1.03 bits per heavy atom. The lowest BCUT2D eigenvalue weighted by Gasteiger charge is -2.21. The number of aryl methyl sites for hydroxylation is 1. The first-order valence-corrected chi connectivity index (χ1v) is 12.1. The molecule has 0 spiro atoms. The SMILES string of the molecule is Cn1cc(/C(C[C@H](c2ccc(-c3ccc(OC(=O)O)c(F)c3)cc2)c2ccc(Cl)cc2Cl)=N/O)ccc1=O. The van der Waals surface area contributed by atoms with Crippen molar-refractivity contribution in [3.8, 4) is 16.9 Å². The van der Waals surface area contributed by atoms with Crippen LogP contribution in [0.25, 0.3) is 11.1 Å². The number of pyridine rings is 1. The summed E-state index contributed by atoms with van der Waals surface area (Å²) in [5.74, 6) is -1.55. The zero-order valence-electron chi connectivity index (χ0n) is 19.9. The molecule has 7 nitrogen and oxygen atoms in total. The molecule has 38 heavy (non-hydrogen) atoms. The van der Waals surface area contributed by atoms with Gasteiger partial charge in [0.2, 0.25) is 5.56 Å². The van der Waals surface area contributed by atoms with Gasteiger partial charge in [-0.2, -0.15) is 0 Å². The second-order valence-corrected chi connectivity index (χ2v) is 9.31. The van der Waals surface area contributed by atoms with Gasteiger partial charge in [0, 0.05) is 47.3 Å². The van der Waals surface area contributed by atoms with Crippen molar-refractivity contribution in [3.63, 3.8) is 0 Å². The van der Waals surface area contributed by atoms with Crippen LogP contribution in [0, 0.1) is 5.82 Å². The number of hydrogen-bond donors (Lipinski definition) is 2. The first-order valence-electron chi connectivity index (χ1n) is 11.3. The van der Waals surface area contributed by atoms with E-state index in [1.165, 1.54) is 22.8 Å². The van der Waals surface area contributed by atoms with Crippen LogP contribution >= 0.6 is 23.2 Å². The minimum atomic E-state index is -1.60. The normalized spacial score (nSPS) is 12.3. The maximum absolute atomic E-state index is 14.3. The van der Waals surface area contributed by atoms with Gasteiger partial charge in [-0.15, -0.1) is 0 Å². The van der Waals surface area contributed by atoms with Crippen molar-refractivity contribution in [1.29, 1.82) is 0 Å². The third-order valence-electron chi connectivity index (χ3n) is 6.05. The van der Waals surface area contributed by atoms with Crippen LogP contribution in [-0.2, 0) is 7.05 Å². The molecule has 0 saturated heterocycles. The Morgan fingerprint density at radius 2 is 1.74 bits per heavy atom. The predicted molar refractivity (Wildman–Crippen MR) is 143 cm³/mol. The fourth-order valence-corrected chi connectivity index (χ4v) is 4.67. The number of ether oxygens (including phenoxy) is 1.